The second kappa shape index (κ2) is 5.14. The first-order valence-corrected chi connectivity index (χ1v) is 7.16. The van der Waals surface area contributed by atoms with Gasteiger partial charge in [-0.3, -0.25) is 4.72 Å². The maximum Gasteiger partial charge on any atom is 0.262 e. The highest BCUT2D eigenvalue weighted by Crippen LogP contribution is 2.23. The second-order valence-electron chi connectivity index (χ2n) is 3.85. The first kappa shape index (κ1) is 13.8. The van der Waals surface area contributed by atoms with Crippen LogP contribution < -0.4 is 4.72 Å². The van der Waals surface area contributed by atoms with E-state index in [1.54, 1.807) is 13.0 Å². The SMILES string of the molecule is Cc1cccc(F)c1NS(=O)(=O)c1ccnc(Cl)c1. The normalized spacial score (nSPS) is 11.3. The van der Waals surface area contributed by atoms with Gasteiger partial charge >= 0.3 is 0 Å². The number of pyridine rings is 1. The van der Waals surface area contributed by atoms with Crippen LogP contribution in [0.5, 0.6) is 0 Å². The van der Waals surface area contributed by atoms with Gasteiger partial charge in [-0.15, -0.1) is 0 Å². The van der Waals surface area contributed by atoms with E-state index in [0.29, 0.717) is 5.56 Å². The minimum absolute atomic E-state index is 0.0492. The Hall–Kier alpha value is -1.66. The molecule has 0 bridgehead atoms. The zero-order chi connectivity index (χ0) is 14.0. The van der Waals surface area contributed by atoms with Gasteiger partial charge in [0.15, 0.2) is 0 Å². The van der Waals surface area contributed by atoms with Gasteiger partial charge in [0.05, 0.1) is 10.6 Å². The zero-order valence-electron chi connectivity index (χ0n) is 9.89. The Bertz CT molecular complexity index is 699. The number of nitrogens with one attached hydrogen (secondary N) is 1. The highest BCUT2D eigenvalue weighted by Gasteiger charge is 2.18. The molecule has 0 aliphatic rings. The number of para-hydroxylation sites is 1. The Kier molecular flexibility index (Phi) is 3.73. The summed E-state index contributed by atoms with van der Waals surface area (Å²) in [7, 11) is -3.90. The molecule has 1 heterocycles. The van der Waals surface area contributed by atoms with Crippen molar-refractivity contribution in [2.24, 2.45) is 0 Å². The molecule has 0 saturated heterocycles. The molecule has 2 rings (SSSR count). The van der Waals surface area contributed by atoms with E-state index < -0.39 is 15.8 Å². The topological polar surface area (TPSA) is 59.1 Å². The molecule has 1 aromatic carbocycles. The van der Waals surface area contributed by atoms with Crippen molar-refractivity contribution in [3.05, 3.63) is 53.1 Å². The minimum Gasteiger partial charge on any atom is -0.276 e. The van der Waals surface area contributed by atoms with Gasteiger partial charge in [0.1, 0.15) is 11.0 Å². The van der Waals surface area contributed by atoms with Gasteiger partial charge in [0.25, 0.3) is 10.0 Å². The predicted octanol–water partition coefficient (Wildman–Crippen LogP) is 2.98. The summed E-state index contributed by atoms with van der Waals surface area (Å²) in [4.78, 5) is 3.62. The summed E-state index contributed by atoms with van der Waals surface area (Å²) in [5.41, 5.74) is 0.416. The van der Waals surface area contributed by atoms with Crippen LogP contribution in [-0.4, -0.2) is 13.4 Å². The smallest absolute Gasteiger partial charge is 0.262 e. The monoisotopic (exact) mass is 300 g/mol. The predicted molar refractivity (Wildman–Crippen MR) is 71.2 cm³/mol. The first-order valence-electron chi connectivity index (χ1n) is 5.29. The van der Waals surface area contributed by atoms with Crippen LogP contribution in [0.15, 0.2) is 41.4 Å². The fourth-order valence-corrected chi connectivity index (χ4v) is 2.90. The molecule has 1 N–H and O–H groups in total. The average Bonchev–Trinajstić information content (AvgIpc) is 2.34. The van der Waals surface area contributed by atoms with E-state index in [9.17, 15) is 12.8 Å². The molecule has 0 saturated carbocycles. The molecule has 7 heteroatoms. The molecule has 100 valence electrons. The number of halogens is 2. The lowest BCUT2D eigenvalue weighted by Gasteiger charge is -2.11. The van der Waals surface area contributed by atoms with E-state index in [0.717, 1.165) is 0 Å². The number of aromatic nitrogens is 1. The molecule has 0 radical (unpaired) electrons. The van der Waals surface area contributed by atoms with E-state index in [2.05, 4.69) is 9.71 Å². The van der Waals surface area contributed by atoms with Crippen molar-refractivity contribution in [1.29, 1.82) is 0 Å². The summed E-state index contributed by atoms with van der Waals surface area (Å²) >= 11 is 5.64. The number of aryl methyl sites for hydroxylation is 1. The Balaban J connectivity index is 2.42. The maximum atomic E-state index is 13.6. The van der Waals surface area contributed by atoms with Crippen molar-refractivity contribution in [3.63, 3.8) is 0 Å². The van der Waals surface area contributed by atoms with Crippen molar-refractivity contribution in [2.75, 3.05) is 4.72 Å². The third-order valence-corrected chi connectivity index (χ3v) is 4.02. The fraction of sp³-hybridized carbons (Fsp3) is 0.0833. The Labute approximate surface area is 115 Å². The second-order valence-corrected chi connectivity index (χ2v) is 5.92. The van der Waals surface area contributed by atoms with Crippen LogP contribution >= 0.6 is 11.6 Å². The number of hydrogen-bond acceptors (Lipinski definition) is 3. The molecule has 1 aromatic heterocycles. The fourth-order valence-electron chi connectivity index (χ4n) is 1.51. The molecule has 0 fully saturated rings. The van der Waals surface area contributed by atoms with E-state index >= 15 is 0 Å². The highest BCUT2D eigenvalue weighted by molar-refractivity contribution is 7.92. The van der Waals surface area contributed by atoms with Crippen LogP contribution in [-0.2, 0) is 10.0 Å². The summed E-state index contributed by atoms with van der Waals surface area (Å²) < 4.78 is 40.0. The number of benzene rings is 1. The number of anilines is 1. The zero-order valence-corrected chi connectivity index (χ0v) is 11.5. The third kappa shape index (κ3) is 3.02. The molecule has 0 aliphatic heterocycles. The molecule has 0 amide bonds. The molecular weight excluding hydrogens is 291 g/mol. The third-order valence-electron chi connectivity index (χ3n) is 2.47. The number of rotatable bonds is 3. The van der Waals surface area contributed by atoms with Crippen LogP contribution in [0.1, 0.15) is 5.56 Å². The van der Waals surface area contributed by atoms with E-state index in [-0.39, 0.29) is 15.7 Å². The quantitative estimate of drug-likeness (QED) is 0.887. The van der Waals surface area contributed by atoms with Gasteiger partial charge < -0.3 is 0 Å². The molecule has 19 heavy (non-hydrogen) atoms. The lowest BCUT2D eigenvalue weighted by atomic mass is 10.2. The van der Waals surface area contributed by atoms with Gasteiger partial charge in [-0.25, -0.2) is 17.8 Å². The molecule has 0 unspecified atom stereocenters. The lowest BCUT2D eigenvalue weighted by molar-refractivity contribution is 0.598. The van der Waals surface area contributed by atoms with E-state index in [4.69, 9.17) is 11.6 Å². The largest absolute Gasteiger partial charge is 0.276 e. The van der Waals surface area contributed by atoms with Gasteiger partial charge in [-0.05, 0) is 30.7 Å². The summed E-state index contributed by atoms with van der Waals surface area (Å²) in [5.74, 6) is -0.635. The molecular formula is C12H10ClFN2O2S. The first-order chi connectivity index (χ1) is 8.90. The van der Waals surface area contributed by atoms with E-state index in [1.165, 1.54) is 30.5 Å². The Morgan fingerprint density at radius 2 is 2.05 bits per heavy atom. The van der Waals surface area contributed by atoms with Crippen LogP contribution in [0.25, 0.3) is 0 Å². The van der Waals surface area contributed by atoms with Crippen molar-refractivity contribution in [3.8, 4) is 0 Å². The van der Waals surface area contributed by atoms with Gasteiger partial charge in [0.2, 0.25) is 0 Å². The lowest BCUT2D eigenvalue weighted by Crippen LogP contribution is -2.15. The summed E-state index contributed by atoms with van der Waals surface area (Å²) in [6.45, 7) is 1.61. The van der Waals surface area contributed by atoms with Crippen molar-refractivity contribution < 1.29 is 12.8 Å². The summed E-state index contributed by atoms with van der Waals surface area (Å²) in [6, 6.07) is 6.78. The van der Waals surface area contributed by atoms with Gasteiger partial charge in [-0.1, -0.05) is 23.7 Å². The van der Waals surface area contributed by atoms with Crippen LogP contribution in [0.2, 0.25) is 5.15 Å². The molecule has 2 aromatic rings. The standard InChI is InChI=1S/C12H10ClFN2O2S/c1-8-3-2-4-10(14)12(8)16-19(17,18)9-5-6-15-11(13)7-9/h2-7,16H,1H3. The number of nitrogens with zero attached hydrogens (tertiary/aromatic N) is 1. The highest BCUT2D eigenvalue weighted by atomic mass is 35.5. The molecule has 0 spiro atoms. The summed E-state index contributed by atoms with van der Waals surface area (Å²) in [6.07, 6.45) is 1.27. The van der Waals surface area contributed by atoms with Gasteiger partial charge in [-0.2, -0.15) is 0 Å². The van der Waals surface area contributed by atoms with Gasteiger partial charge in [0, 0.05) is 6.20 Å². The van der Waals surface area contributed by atoms with Crippen LogP contribution in [0.4, 0.5) is 10.1 Å². The van der Waals surface area contributed by atoms with Crippen LogP contribution in [0, 0.1) is 12.7 Å². The van der Waals surface area contributed by atoms with E-state index in [1.807, 2.05) is 0 Å². The molecule has 0 aliphatic carbocycles. The van der Waals surface area contributed by atoms with Crippen LogP contribution in [0.3, 0.4) is 0 Å². The van der Waals surface area contributed by atoms with Crippen molar-refractivity contribution in [2.45, 2.75) is 11.8 Å². The Morgan fingerprint density at radius 1 is 1.32 bits per heavy atom. The van der Waals surface area contributed by atoms with Crippen molar-refractivity contribution >= 4 is 27.3 Å². The number of hydrogen-bond donors (Lipinski definition) is 1. The Morgan fingerprint density at radius 3 is 2.68 bits per heavy atom. The average molecular weight is 301 g/mol. The molecule has 0 atom stereocenters. The maximum absolute atomic E-state index is 13.6. The minimum atomic E-state index is -3.90. The molecule has 4 nitrogen and oxygen atoms in total. The number of sulfonamides is 1. The summed E-state index contributed by atoms with van der Waals surface area (Å²) in [5, 5.41) is 0.0492. The van der Waals surface area contributed by atoms with Crippen molar-refractivity contribution in [1.82, 2.24) is 4.98 Å².